The van der Waals surface area contributed by atoms with Crippen LogP contribution >= 0.6 is 11.6 Å². The van der Waals surface area contributed by atoms with Crippen molar-refractivity contribution in [2.75, 3.05) is 19.6 Å². The molecule has 2 unspecified atom stereocenters. The largest absolute Gasteiger partial charge is 0.480 e. The maximum absolute atomic E-state index is 12.5. The average molecular weight is 426 g/mol. The van der Waals surface area contributed by atoms with Crippen LogP contribution in [0.4, 0.5) is 0 Å². The quantitative estimate of drug-likeness (QED) is 0.399. The van der Waals surface area contributed by atoms with E-state index in [1.54, 1.807) is 24.3 Å². The highest BCUT2D eigenvalue weighted by Crippen LogP contribution is 2.22. The van der Waals surface area contributed by atoms with Crippen LogP contribution in [-0.2, 0) is 14.4 Å². The van der Waals surface area contributed by atoms with Gasteiger partial charge in [0.15, 0.2) is 6.04 Å². The molecule has 2 amide bonds. The zero-order valence-electron chi connectivity index (χ0n) is 16.4. The molecule has 1 fully saturated rings. The van der Waals surface area contributed by atoms with Crippen molar-refractivity contribution < 1.29 is 24.6 Å². The van der Waals surface area contributed by atoms with E-state index in [4.69, 9.17) is 16.7 Å². The maximum Gasteiger partial charge on any atom is 0.328 e. The van der Waals surface area contributed by atoms with Crippen LogP contribution in [0.3, 0.4) is 0 Å². The Morgan fingerprint density at radius 2 is 1.83 bits per heavy atom. The molecule has 2 rings (SSSR count). The summed E-state index contributed by atoms with van der Waals surface area (Å²) in [4.78, 5) is 36.1. The second kappa shape index (κ2) is 11.1. The van der Waals surface area contributed by atoms with Gasteiger partial charge < -0.3 is 26.2 Å². The number of aliphatic hydroxyl groups excluding tert-OH is 1. The molecular formula is C20H28ClN3O5. The molecule has 0 saturated carbocycles. The lowest BCUT2D eigenvalue weighted by molar-refractivity contribution is -0.144. The molecule has 0 radical (unpaired) electrons. The maximum atomic E-state index is 12.5. The number of carboxylic acid groups (broad SMARTS) is 1. The Morgan fingerprint density at radius 1 is 1.21 bits per heavy atom. The number of aliphatic hydroxyl groups is 1. The normalized spacial score (nSPS) is 17.8. The summed E-state index contributed by atoms with van der Waals surface area (Å²) in [6.45, 7) is 3.15. The van der Waals surface area contributed by atoms with Crippen molar-refractivity contribution in [1.29, 1.82) is 0 Å². The second-order valence-electron chi connectivity index (χ2n) is 7.35. The van der Waals surface area contributed by atoms with E-state index in [1.165, 1.54) is 6.92 Å². The van der Waals surface area contributed by atoms with Crippen LogP contribution in [0.15, 0.2) is 24.3 Å². The Morgan fingerprint density at radius 3 is 2.38 bits per heavy atom. The van der Waals surface area contributed by atoms with Gasteiger partial charge in [-0.05, 0) is 50.6 Å². The molecule has 0 aromatic heterocycles. The number of carbonyl (C=O) groups is 3. The van der Waals surface area contributed by atoms with E-state index in [9.17, 15) is 19.5 Å². The smallest absolute Gasteiger partial charge is 0.328 e. The lowest BCUT2D eigenvalue weighted by Crippen LogP contribution is -2.48. The Labute approximate surface area is 175 Å². The fourth-order valence-electron chi connectivity index (χ4n) is 3.34. The van der Waals surface area contributed by atoms with E-state index < -0.39 is 24.0 Å². The van der Waals surface area contributed by atoms with Gasteiger partial charge in [-0.2, -0.15) is 0 Å². The van der Waals surface area contributed by atoms with Crippen LogP contribution in [0.5, 0.6) is 0 Å². The number of amides is 2. The van der Waals surface area contributed by atoms with Crippen LogP contribution in [0.1, 0.15) is 37.7 Å². The minimum atomic E-state index is -1.39. The van der Waals surface area contributed by atoms with Crippen LogP contribution in [0.2, 0.25) is 5.02 Å². The van der Waals surface area contributed by atoms with Gasteiger partial charge in [-0.1, -0.05) is 23.7 Å². The lowest BCUT2D eigenvalue weighted by atomic mass is 9.93. The van der Waals surface area contributed by atoms with E-state index in [-0.39, 0.29) is 30.7 Å². The number of aliphatic carboxylic acids is 1. The number of carboxylic acids is 1. The Bertz CT molecular complexity index is 705. The fourth-order valence-corrected chi connectivity index (χ4v) is 3.47. The number of benzene rings is 1. The van der Waals surface area contributed by atoms with Gasteiger partial charge in [-0.15, -0.1) is 0 Å². The van der Waals surface area contributed by atoms with E-state index >= 15 is 0 Å². The SMILES string of the molecule is CC(O)[C@H](NC(=O)CC(CNC(=O)C1CCNCC1)c1ccc(Cl)cc1)C(=O)O. The van der Waals surface area contributed by atoms with Crippen molar-refractivity contribution in [3.63, 3.8) is 0 Å². The number of piperidine rings is 1. The minimum absolute atomic E-state index is 0.0371. The standard InChI is InChI=1S/C20H28ClN3O5/c1-12(25)18(20(28)29)24-17(26)10-15(13-2-4-16(21)5-3-13)11-23-19(27)14-6-8-22-9-7-14/h2-5,12,14-15,18,22,25H,6-11H2,1H3,(H,23,27)(H,24,26)(H,28,29)/t12?,15?,18-/m0/s1. The fraction of sp³-hybridized carbons (Fsp3) is 0.550. The van der Waals surface area contributed by atoms with Gasteiger partial charge in [0.2, 0.25) is 11.8 Å². The zero-order chi connectivity index (χ0) is 21.4. The molecule has 1 aliphatic rings. The van der Waals surface area contributed by atoms with E-state index in [2.05, 4.69) is 16.0 Å². The molecule has 160 valence electrons. The molecule has 9 heteroatoms. The summed E-state index contributed by atoms with van der Waals surface area (Å²) in [7, 11) is 0. The van der Waals surface area contributed by atoms with Gasteiger partial charge in [0.1, 0.15) is 0 Å². The molecule has 8 nitrogen and oxygen atoms in total. The van der Waals surface area contributed by atoms with Crippen LogP contribution in [-0.4, -0.2) is 59.8 Å². The summed E-state index contributed by atoms with van der Waals surface area (Å²) in [5.74, 6) is -2.29. The highest BCUT2D eigenvalue weighted by Gasteiger charge is 2.27. The van der Waals surface area contributed by atoms with Gasteiger partial charge in [0, 0.05) is 29.8 Å². The highest BCUT2D eigenvalue weighted by molar-refractivity contribution is 6.30. The van der Waals surface area contributed by atoms with Crippen LogP contribution in [0.25, 0.3) is 0 Å². The Hall–Kier alpha value is -2.16. The van der Waals surface area contributed by atoms with Crippen LogP contribution < -0.4 is 16.0 Å². The van der Waals surface area contributed by atoms with E-state index in [0.29, 0.717) is 5.02 Å². The first-order valence-electron chi connectivity index (χ1n) is 9.72. The molecule has 5 N–H and O–H groups in total. The minimum Gasteiger partial charge on any atom is -0.480 e. The van der Waals surface area contributed by atoms with Gasteiger partial charge >= 0.3 is 5.97 Å². The Balaban J connectivity index is 2.04. The number of rotatable bonds is 9. The molecule has 1 saturated heterocycles. The molecule has 0 bridgehead atoms. The molecule has 29 heavy (non-hydrogen) atoms. The third kappa shape index (κ3) is 7.30. The predicted molar refractivity (Wildman–Crippen MR) is 109 cm³/mol. The van der Waals surface area contributed by atoms with Crippen molar-refractivity contribution in [2.24, 2.45) is 5.92 Å². The Kier molecular flexibility index (Phi) is 8.88. The van der Waals surface area contributed by atoms with E-state index in [0.717, 1.165) is 31.5 Å². The highest BCUT2D eigenvalue weighted by atomic mass is 35.5. The predicted octanol–water partition coefficient (Wildman–Crippen LogP) is 0.880. The first kappa shape index (κ1) is 23.1. The third-order valence-corrected chi connectivity index (χ3v) is 5.32. The molecule has 3 atom stereocenters. The van der Waals surface area contributed by atoms with Gasteiger partial charge in [0.25, 0.3) is 0 Å². The monoisotopic (exact) mass is 425 g/mol. The number of nitrogens with one attached hydrogen (secondary N) is 3. The number of hydrogen-bond donors (Lipinski definition) is 5. The van der Waals surface area contributed by atoms with Crippen molar-refractivity contribution in [3.8, 4) is 0 Å². The first-order chi connectivity index (χ1) is 13.8. The molecule has 1 aliphatic heterocycles. The summed E-state index contributed by atoms with van der Waals surface area (Å²) < 4.78 is 0. The first-order valence-corrected chi connectivity index (χ1v) is 10.1. The summed E-state index contributed by atoms with van der Waals surface area (Å²) in [6.07, 6.45) is 0.272. The summed E-state index contributed by atoms with van der Waals surface area (Å²) in [6, 6.07) is 5.57. The van der Waals surface area contributed by atoms with Crippen molar-refractivity contribution in [3.05, 3.63) is 34.9 Å². The number of hydrogen-bond acceptors (Lipinski definition) is 5. The third-order valence-electron chi connectivity index (χ3n) is 5.07. The van der Waals surface area contributed by atoms with Gasteiger partial charge in [-0.25, -0.2) is 4.79 Å². The van der Waals surface area contributed by atoms with Crippen LogP contribution in [0, 0.1) is 5.92 Å². The number of halogens is 1. The summed E-state index contributed by atoms with van der Waals surface area (Å²) in [5.41, 5.74) is 0.805. The van der Waals surface area contributed by atoms with Gasteiger partial charge in [0.05, 0.1) is 6.10 Å². The van der Waals surface area contributed by atoms with Crippen molar-refractivity contribution in [2.45, 2.75) is 44.2 Å². The molecule has 1 aromatic carbocycles. The second-order valence-corrected chi connectivity index (χ2v) is 7.78. The summed E-state index contributed by atoms with van der Waals surface area (Å²) in [5, 5.41) is 27.7. The molecule has 1 heterocycles. The molecule has 1 aromatic rings. The topological polar surface area (TPSA) is 128 Å². The zero-order valence-corrected chi connectivity index (χ0v) is 17.1. The lowest BCUT2D eigenvalue weighted by Gasteiger charge is -2.24. The number of carbonyl (C=O) groups excluding carboxylic acids is 2. The van der Waals surface area contributed by atoms with Crippen molar-refractivity contribution >= 4 is 29.4 Å². The average Bonchev–Trinajstić information content (AvgIpc) is 2.70. The molecular weight excluding hydrogens is 398 g/mol. The van der Waals surface area contributed by atoms with Crippen molar-refractivity contribution in [1.82, 2.24) is 16.0 Å². The molecule has 0 spiro atoms. The van der Waals surface area contributed by atoms with E-state index in [1.807, 2.05) is 0 Å². The van der Waals surface area contributed by atoms with Gasteiger partial charge in [-0.3, -0.25) is 9.59 Å². The summed E-state index contributed by atoms with van der Waals surface area (Å²) >= 11 is 5.94. The molecule has 0 aliphatic carbocycles.